The maximum Gasteiger partial charge on any atom is 0.342 e. The van der Waals surface area contributed by atoms with E-state index in [1.54, 1.807) is 49.2 Å². The van der Waals surface area contributed by atoms with Crippen LogP contribution in [0.3, 0.4) is 0 Å². The first-order valence-electron chi connectivity index (χ1n) is 10.9. The zero-order valence-corrected chi connectivity index (χ0v) is 19.3. The first-order valence-corrected chi connectivity index (χ1v) is 10.9. The summed E-state index contributed by atoms with van der Waals surface area (Å²) in [5, 5.41) is 7.25. The molecule has 0 saturated heterocycles. The van der Waals surface area contributed by atoms with Gasteiger partial charge in [-0.2, -0.15) is 5.10 Å². The summed E-state index contributed by atoms with van der Waals surface area (Å²) in [4.78, 5) is 38.8. The highest BCUT2D eigenvalue weighted by molar-refractivity contribution is 5.99. The fourth-order valence-corrected chi connectivity index (χ4v) is 3.41. The molecule has 3 aromatic carbocycles. The minimum absolute atomic E-state index is 0.137. The van der Waals surface area contributed by atoms with E-state index in [1.165, 1.54) is 4.90 Å². The average Bonchev–Trinajstić information content (AvgIpc) is 3.34. The smallest absolute Gasteiger partial charge is 0.342 e. The van der Waals surface area contributed by atoms with E-state index >= 15 is 0 Å². The number of esters is 1. The van der Waals surface area contributed by atoms with E-state index < -0.39 is 18.5 Å². The Morgan fingerprint density at radius 3 is 2.14 bits per heavy atom. The van der Waals surface area contributed by atoms with Crippen LogP contribution in [0, 0.1) is 0 Å². The van der Waals surface area contributed by atoms with Crippen molar-refractivity contribution in [1.29, 1.82) is 0 Å². The molecule has 8 nitrogen and oxygen atoms in total. The van der Waals surface area contributed by atoms with Crippen LogP contribution in [0.15, 0.2) is 91.1 Å². The van der Waals surface area contributed by atoms with E-state index in [9.17, 15) is 14.4 Å². The first kappa shape index (κ1) is 23.4. The third-order valence-electron chi connectivity index (χ3n) is 5.16. The SMILES string of the molecule is CN(C)C(=O)c1ccc(NC(=O)COC(=O)c2cn(-c3ccccc3)nc2-c2ccccc2)cc1. The van der Waals surface area contributed by atoms with Gasteiger partial charge in [-0.25, -0.2) is 9.48 Å². The van der Waals surface area contributed by atoms with E-state index in [4.69, 9.17) is 4.74 Å². The lowest BCUT2D eigenvalue weighted by molar-refractivity contribution is -0.119. The minimum Gasteiger partial charge on any atom is -0.452 e. The van der Waals surface area contributed by atoms with Crippen molar-refractivity contribution in [1.82, 2.24) is 14.7 Å². The summed E-state index contributed by atoms with van der Waals surface area (Å²) in [5.74, 6) is -1.29. The molecule has 176 valence electrons. The van der Waals surface area contributed by atoms with Crippen molar-refractivity contribution in [2.75, 3.05) is 26.0 Å². The number of amides is 2. The van der Waals surface area contributed by atoms with E-state index in [-0.39, 0.29) is 11.5 Å². The minimum atomic E-state index is -0.659. The Morgan fingerprint density at radius 1 is 0.886 bits per heavy atom. The van der Waals surface area contributed by atoms with Crippen LogP contribution in [0.4, 0.5) is 5.69 Å². The maximum absolute atomic E-state index is 12.9. The molecule has 0 radical (unpaired) electrons. The topological polar surface area (TPSA) is 93.5 Å². The summed E-state index contributed by atoms with van der Waals surface area (Å²) in [6.45, 7) is -0.470. The van der Waals surface area contributed by atoms with Gasteiger partial charge in [0.2, 0.25) is 0 Å². The number of carbonyl (C=O) groups excluding carboxylic acids is 3. The highest BCUT2D eigenvalue weighted by Crippen LogP contribution is 2.24. The van der Waals surface area contributed by atoms with Crippen LogP contribution in [0.25, 0.3) is 16.9 Å². The van der Waals surface area contributed by atoms with Crippen molar-refractivity contribution in [2.24, 2.45) is 0 Å². The molecule has 0 atom stereocenters. The Kier molecular flexibility index (Phi) is 7.02. The normalized spacial score (nSPS) is 10.5. The Bertz CT molecular complexity index is 1330. The standard InChI is InChI=1S/C27H24N4O4/c1-30(2)26(33)20-13-15-21(16-14-20)28-24(32)18-35-27(34)23-17-31(22-11-7-4-8-12-22)29-25(23)19-9-5-3-6-10-19/h3-17H,18H2,1-2H3,(H,28,32). The van der Waals surface area contributed by atoms with E-state index in [0.29, 0.717) is 16.9 Å². The van der Waals surface area contributed by atoms with Crippen LogP contribution in [-0.4, -0.2) is 53.2 Å². The Hall–Kier alpha value is -4.72. The van der Waals surface area contributed by atoms with Gasteiger partial charge in [-0.15, -0.1) is 0 Å². The van der Waals surface area contributed by atoms with Crippen LogP contribution >= 0.6 is 0 Å². The van der Waals surface area contributed by atoms with Crippen molar-refractivity contribution >= 4 is 23.5 Å². The van der Waals surface area contributed by atoms with Gasteiger partial charge >= 0.3 is 5.97 Å². The summed E-state index contributed by atoms with van der Waals surface area (Å²) in [6.07, 6.45) is 1.60. The molecule has 0 saturated carbocycles. The molecule has 0 bridgehead atoms. The number of carbonyl (C=O) groups is 3. The molecule has 0 spiro atoms. The molecule has 4 rings (SSSR count). The second-order valence-corrected chi connectivity index (χ2v) is 7.94. The molecule has 0 aliphatic carbocycles. The number of anilines is 1. The van der Waals surface area contributed by atoms with Gasteiger partial charge in [-0.3, -0.25) is 9.59 Å². The highest BCUT2D eigenvalue weighted by Gasteiger charge is 2.21. The molecule has 0 fully saturated rings. The van der Waals surface area contributed by atoms with Gasteiger partial charge in [0.25, 0.3) is 11.8 Å². The van der Waals surface area contributed by atoms with Gasteiger partial charge in [0.15, 0.2) is 6.61 Å². The molecule has 1 aromatic heterocycles. The number of hydrogen-bond donors (Lipinski definition) is 1. The van der Waals surface area contributed by atoms with Gasteiger partial charge in [0.05, 0.1) is 5.69 Å². The fourth-order valence-electron chi connectivity index (χ4n) is 3.41. The Labute approximate surface area is 202 Å². The van der Waals surface area contributed by atoms with Crippen LogP contribution in [0.5, 0.6) is 0 Å². The summed E-state index contributed by atoms with van der Waals surface area (Å²) in [7, 11) is 3.33. The molecule has 1 heterocycles. The zero-order chi connectivity index (χ0) is 24.8. The van der Waals surface area contributed by atoms with Gasteiger partial charge in [-0.05, 0) is 36.4 Å². The lowest BCUT2D eigenvalue weighted by atomic mass is 10.1. The van der Waals surface area contributed by atoms with Crippen molar-refractivity contribution in [2.45, 2.75) is 0 Å². The summed E-state index contributed by atoms with van der Waals surface area (Å²) in [5.41, 5.74) is 3.25. The molecular weight excluding hydrogens is 444 g/mol. The van der Waals surface area contributed by atoms with E-state index in [0.717, 1.165) is 11.3 Å². The van der Waals surface area contributed by atoms with Crippen LogP contribution in [0.1, 0.15) is 20.7 Å². The molecule has 2 amide bonds. The first-order chi connectivity index (χ1) is 16.9. The molecule has 35 heavy (non-hydrogen) atoms. The Morgan fingerprint density at radius 2 is 1.51 bits per heavy atom. The van der Waals surface area contributed by atoms with Crippen molar-refractivity contribution in [3.05, 3.63) is 102 Å². The number of aromatic nitrogens is 2. The highest BCUT2D eigenvalue weighted by atomic mass is 16.5. The third-order valence-corrected chi connectivity index (χ3v) is 5.16. The summed E-state index contributed by atoms with van der Waals surface area (Å²) in [6, 6.07) is 25.2. The zero-order valence-electron chi connectivity index (χ0n) is 19.3. The molecule has 8 heteroatoms. The monoisotopic (exact) mass is 468 g/mol. The molecule has 1 N–H and O–H groups in total. The van der Waals surface area contributed by atoms with Crippen LogP contribution in [-0.2, 0) is 9.53 Å². The van der Waals surface area contributed by atoms with Crippen molar-refractivity contribution < 1.29 is 19.1 Å². The van der Waals surface area contributed by atoms with Crippen LogP contribution in [0.2, 0.25) is 0 Å². The largest absolute Gasteiger partial charge is 0.452 e. The molecule has 0 unspecified atom stereocenters. The second kappa shape index (κ2) is 10.5. The van der Waals surface area contributed by atoms with Crippen molar-refractivity contribution in [3.63, 3.8) is 0 Å². The predicted octanol–water partition coefficient (Wildman–Crippen LogP) is 4.04. The third kappa shape index (κ3) is 5.62. The number of ether oxygens (including phenoxy) is 1. The van der Waals surface area contributed by atoms with Crippen LogP contribution < -0.4 is 5.32 Å². The van der Waals surface area contributed by atoms with Gasteiger partial charge < -0.3 is 15.0 Å². The lowest BCUT2D eigenvalue weighted by Crippen LogP contribution is -2.22. The summed E-state index contributed by atoms with van der Waals surface area (Å²) < 4.78 is 6.91. The predicted molar refractivity (Wildman–Crippen MR) is 132 cm³/mol. The molecule has 0 aliphatic rings. The van der Waals surface area contributed by atoms with Gasteiger partial charge in [0.1, 0.15) is 11.3 Å². The second-order valence-electron chi connectivity index (χ2n) is 7.94. The maximum atomic E-state index is 12.9. The number of nitrogens with zero attached hydrogens (tertiary/aromatic N) is 3. The average molecular weight is 469 g/mol. The summed E-state index contributed by atoms with van der Waals surface area (Å²) >= 11 is 0. The molecule has 0 aliphatic heterocycles. The number of nitrogens with one attached hydrogen (secondary N) is 1. The number of para-hydroxylation sites is 1. The molecular formula is C27H24N4O4. The fraction of sp³-hybridized carbons (Fsp3) is 0.111. The molecule has 4 aromatic rings. The number of hydrogen-bond acceptors (Lipinski definition) is 5. The van der Waals surface area contributed by atoms with E-state index in [2.05, 4.69) is 10.4 Å². The lowest BCUT2D eigenvalue weighted by Gasteiger charge is -2.11. The van der Waals surface area contributed by atoms with Gasteiger partial charge in [0, 0.05) is 37.1 Å². The Balaban J connectivity index is 1.46. The quantitative estimate of drug-likeness (QED) is 0.413. The number of benzene rings is 3. The van der Waals surface area contributed by atoms with Crippen molar-refractivity contribution in [3.8, 4) is 16.9 Å². The number of rotatable bonds is 7. The van der Waals surface area contributed by atoms with E-state index in [1.807, 2.05) is 60.7 Å². The van der Waals surface area contributed by atoms with Gasteiger partial charge in [-0.1, -0.05) is 48.5 Å².